The molecular weight excluding hydrogens is 424 g/mol. The molecule has 7 nitrogen and oxygen atoms in total. The number of hydrogen-bond acceptors (Lipinski definition) is 6. The summed E-state index contributed by atoms with van der Waals surface area (Å²) in [6.45, 7) is 1.62. The second-order valence-electron chi connectivity index (χ2n) is 7.89. The number of methoxy groups -OCH3 is 1. The van der Waals surface area contributed by atoms with Gasteiger partial charge in [-0.2, -0.15) is 0 Å². The number of ether oxygens (including phenoxy) is 1. The highest BCUT2D eigenvalue weighted by Crippen LogP contribution is 2.40. The van der Waals surface area contributed by atoms with Crippen molar-refractivity contribution in [1.29, 1.82) is 0 Å². The number of carbonyl (C=O) groups excluding carboxylic acids is 1. The molecule has 0 radical (unpaired) electrons. The molecule has 1 aliphatic rings. The first-order valence-electron chi connectivity index (χ1n) is 10.4. The molecule has 8 heteroatoms. The van der Waals surface area contributed by atoms with Gasteiger partial charge in [-0.05, 0) is 62.7 Å². The molecular formula is C24H26N4O3S. The third-order valence-corrected chi connectivity index (χ3v) is 5.85. The molecule has 166 valence electrons. The van der Waals surface area contributed by atoms with E-state index in [1.807, 2.05) is 56.6 Å². The number of thiocarbonyl (C=S) groups is 1. The van der Waals surface area contributed by atoms with Crippen molar-refractivity contribution in [3.63, 3.8) is 0 Å². The Morgan fingerprint density at radius 3 is 2.62 bits per heavy atom. The van der Waals surface area contributed by atoms with Gasteiger partial charge in [-0.15, -0.1) is 0 Å². The summed E-state index contributed by atoms with van der Waals surface area (Å²) >= 11 is 5.68. The number of benzene rings is 1. The quantitative estimate of drug-likeness (QED) is 0.432. The van der Waals surface area contributed by atoms with Crippen LogP contribution >= 0.6 is 12.2 Å². The van der Waals surface area contributed by atoms with E-state index in [0.29, 0.717) is 10.7 Å². The Morgan fingerprint density at radius 2 is 1.97 bits per heavy atom. The van der Waals surface area contributed by atoms with Crippen molar-refractivity contribution in [2.75, 3.05) is 34.3 Å². The van der Waals surface area contributed by atoms with Crippen LogP contribution in [0.1, 0.15) is 33.9 Å². The van der Waals surface area contributed by atoms with Crippen LogP contribution in [0, 0.1) is 0 Å². The van der Waals surface area contributed by atoms with Crippen LogP contribution in [0.5, 0.6) is 0 Å². The van der Waals surface area contributed by atoms with Crippen molar-refractivity contribution in [3.05, 3.63) is 77.8 Å². The topological polar surface area (TPSA) is 70.8 Å². The lowest BCUT2D eigenvalue weighted by Crippen LogP contribution is -2.35. The number of rotatable bonds is 7. The van der Waals surface area contributed by atoms with Crippen LogP contribution in [0.2, 0.25) is 0 Å². The van der Waals surface area contributed by atoms with E-state index in [2.05, 4.69) is 20.1 Å². The number of hydrogen-bond donors (Lipinski definition) is 1. The Balaban J connectivity index is 1.65. The predicted molar refractivity (Wildman–Crippen MR) is 126 cm³/mol. The van der Waals surface area contributed by atoms with Crippen molar-refractivity contribution >= 4 is 23.3 Å². The van der Waals surface area contributed by atoms with Crippen LogP contribution in [-0.2, 0) is 4.74 Å². The van der Waals surface area contributed by atoms with Crippen LogP contribution in [0.4, 0.5) is 0 Å². The lowest BCUT2D eigenvalue weighted by Gasteiger charge is -2.27. The van der Waals surface area contributed by atoms with E-state index in [-0.39, 0.29) is 18.1 Å². The molecule has 32 heavy (non-hydrogen) atoms. The fourth-order valence-corrected chi connectivity index (χ4v) is 4.15. The van der Waals surface area contributed by atoms with Gasteiger partial charge >= 0.3 is 5.97 Å². The largest absolute Gasteiger partial charge is 0.465 e. The SMILES string of the molecule is COC(=O)c1ccc(-c2ccc([C@@H]3[C@H](c4ccccn4)NC(=S)N3CCN(C)C)o2)cc1. The van der Waals surface area contributed by atoms with E-state index in [4.69, 9.17) is 21.4 Å². The van der Waals surface area contributed by atoms with E-state index in [0.717, 1.165) is 35.9 Å². The van der Waals surface area contributed by atoms with Gasteiger partial charge in [-0.25, -0.2) is 4.79 Å². The van der Waals surface area contributed by atoms with Crippen LogP contribution in [0.3, 0.4) is 0 Å². The van der Waals surface area contributed by atoms with Crippen molar-refractivity contribution in [2.24, 2.45) is 0 Å². The summed E-state index contributed by atoms with van der Waals surface area (Å²) in [7, 11) is 5.46. The molecule has 1 aliphatic heterocycles. The van der Waals surface area contributed by atoms with Gasteiger partial charge in [0.1, 0.15) is 17.6 Å². The van der Waals surface area contributed by atoms with Gasteiger partial charge in [0.05, 0.1) is 24.4 Å². The molecule has 3 heterocycles. The number of likely N-dealkylation sites (N-methyl/N-ethyl adjacent to an activating group) is 1. The summed E-state index contributed by atoms with van der Waals surface area (Å²) in [5.41, 5.74) is 2.29. The average Bonchev–Trinajstić information content (AvgIpc) is 3.42. The number of nitrogens with one attached hydrogen (secondary N) is 1. The molecule has 0 bridgehead atoms. The summed E-state index contributed by atoms with van der Waals surface area (Å²) in [6.07, 6.45) is 1.79. The summed E-state index contributed by atoms with van der Waals surface area (Å²) < 4.78 is 11.1. The molecule has 3 aromatic rings. The average molecular weight is 451 g/mol. The summed E-state index contributed by atoms with van der Waals surface area (Å²) in [5.74, 6) is 1.16. The number of nitrogens with zero attached hydrogens (tertiary/aromatic N) is 3. The van der Waals surface area contributed by atoms with Crippen LogP contribution in [-0.4, -0.2) is 60.2 Å². The van der Waals surface area contributed by atoms with Crippen LogP contribution < -0.4 is 5.32 Å². The Kier molecular flexibility index (Phi) is 6.53. The highest BCUT2D eigenvalue weighted by Gasteiger charge is 2.41. The van der Waals surface area contributed by atoms with Crippen molar-refractivity contribution in [3.8, 4) is 11.3 Å². The van der Waals surface area contributed by atoms with E-state index < -0.39 is 0 Å². The van der Waals surface area contributed by atoms with Crippen molar-refractivity contribution in [1.82, 2.24) is 20.1 Å². The molecule has 0 spiro atoms. The molecule has 2 aromatic heterocycles. The molecule has 1 aromatic carbocycles. The maximum atomic E-state index is 11.7. The minimum atomic E-state index is -0.364. The number of furan rings is 1. The second kappa shape index (κ2) is 9.50. The normalized spacial score (nSPS) is 18.1. The van der Waals surface area contributed by atoms with Gasteiger partial charge in [0.25, 0.3) is 0 Å². The fourth-order valence-electron chi connectivity index (χ4n) is 3.82. The monoisotopic (exact) mass is 450 g/mol. The standard InChI is InChI=1S/C24H26N4O3S/c1-27(2)14-15-28-22(21(26-24(28)32)18-6-4-5-13-25-18)20-12-11-19(31-20)16-7-9-17(10-8-16)23(29)30-3/h4-13,21-22H,14-15H2,1-3H3,(H,26,32)/t21-,22+/m0/s1. The third-order valence-electron chi connectivity index (χ3n) is 5.49. The van der Waals surface area contributed by atoms with Gasteiger partial charge in [0.2, 0.25) is 0 Å². The predicted octanol–water partition coefficient (Wildman–Crippen LogP) is 3.66. The van der Waals surface area contributed by atoms with Gasteiger partial charge < -0.3 is 24.3 Å². The van der Waals surface area contributed by atoms with E-state index in [1.165, 1.54) is 7.11 Å². The first kappa shape index (κ1) is 22.0. The third kappa shape index (κ3) is 4.51. The molecule has 1 N–H and O–H groups in total. The van der Waals surface area contributed by atoms with E-state index in [1.54, 1.807) is 18.3 Å². The highest BCUT2D eigenvalue weighted by atomic mass is 32.1. The molecule has 0 aliphatic carbocycles. The molecule has 0 saturated carbocycles. The first-order chi connectivity index (χ1) is 15.5. The maximum Gasteiger partial charge on any atom is 0.337 e. The van der Waals surface area contributed by atoms with Crippen LogP contribution in [0.25, 0.3) is 11.3 Å². The molecule has 2 atom stereocenters. The second-order valence-corrected chi connectivity index (χ2v) is 8.28. The Morgan fingerprint density at radius 1 is 1.19 bits per heavy atom. The number of aromatic nitrogens is 1. The molecule has 0 amide bonds. The molecule has 0 unspecified atom stereocenters. The Hall–Kier alpha value is -3.23. The lowest BCUT2D eigenvalue weighted by atomic mass is 10.0. The van der Waals surface area contributed by atoms with Crippen molar-refractivity contribution < 1.29 is 13.9 Å². The maximum absolute atomic E-state index is 11.7. The number of carbonyl (C=O) groups is 1. The summed E-state index contributed by atoms with van der Waals surface area (Å²) in [6, 6.07) is 16.7. The Labute approximate surface area is 193 Å². The number of pyridine rings is 1. The molecule has 1 saturated heterocycles. The highest BCUT2D eigenvalue weighted by molar-refractivity contribution is 7.80. The van der Waals surface area contributed by atoms with Crippen LogP contribution in [0.15, 0.2) is 65.2 Å². The van der Waals surface area contributed by atoms with Crippen molar-refractivity contribution in [2.45, 2.75) is 12.1 Å². The zero-order valence-electron chi connectivity index (χ0n) is 18.3. The lowest BCUT2D eigenvalue weighted by molar-refractivity contribution is 0.0600. The van der Waals surface area contributed by atoms with E-state index in [9.17, 15) is 4.79 Å². The molecule has 4 rings (SSSR count). The Bertz CT molecular complexity index is 1080. The first-order valence-corrected chi connectivity index (χ1v) is 10.8. The minimum Gasteiger partial charge on any atom is -0.465 e. The molecule has 1 fully saturated rings. The fraction of sp³-hybridized carbons (Fsp3) is 0.292. The van der Waals surface area contributed by atoms with Gasteiger partial charge in [-0.3, -0.25) is 4.98 Å². The van der Waals surface area contributed by atoms with Gasteiger partial charge in [-0.1, -0.05) is 18.2 Å². The smallest absolute Gasteiger partial charge is 0.337 e. The van der Waals surface area contributed by atoms with E-state index >= 15 is 0 Å². The summed E-state index contributed by atoms with van der Waals surface area (Å²) in [5, 5.41) is 4.12. The van der Waals surface area contributed by atoms with Gasteiger partial charge in [0, 0.05) is 24.8 Å². The zero-order valence-corrected chi connectivity index (χ0v) is 19.1. The number of esters is 1. The van der Waals surface area contributed by atoms with Gasteiger partial charge in [0.15, 0.2) is 5.11 Å². The summed E-state index contributed by atoms with van der Waals surface area (Å²) in [4.78, 5) is 20.6. The minimum absolute atomic E-state index is 0.119. The zero-order chi connectivity index (χ0) is 22.7.